The van der Waals surface area contributed by atoms with Crippen molar-refractivity contribution in [3.63, 3.8) is 0 Å². The van der Waals surface area contributed by atoms with Crippen LogP contribution in [0.25, 0.3) is 11.3 Å². The first-order chi connectivity index (χ1) is 13.2. The van der Waals surface area contributed by atoms with Gasteiger partial charge >= 0.3 is 0 Å². The molecule has 1 atom stereocenters. The standard InChI is InChI=1S/C22H22O5S/c1-4-22(3)21(24)19(17-11-9-16(10-12-17)14(2)23)20(27-22)18-7-5-15(6-8-18)13-28(25)26/h5-12,28H,4,13H2,1-3H3. The highest BCUT2D eigenvalue weighted by Gasteiger charge is 2.45. The number of thiol groups is 1. The van der Waals surface area contributed by atoms with Gasteiger partial charge in [0, 0.05) is 11.1 Å². The molecule has 3 rings (SSSR count). The zero-order chi connectivity index (χ0) is 20.5. The Hall–Kier alpha value is -2.73. The number of hydrogen-bond donors (Lipinski definition) is 1. The van der Waals surface area contributed by atoms with Gasteiger partial charge in [0.15, 0.2) is 11.4 Å². The minimum Gasteiger partial charge on any atom is -0.478 e. The lowest BCUT2D eigenvalue weighted by molar-refractivity contribution is -0.126. The van der Waals surface area contributed by atoms with Crippen molar-refractivity contribution in [3.05, 3.63) is 70.8 Å². The van der Waals surface area contributed by atoms with Crippen molar-refractivity contribution in [2.24, 2.45) is 0 Å². The normalized spacial score (nSPS) is 19.2. The van der Waals surface area contributed by atoms with Crippen LogP contribution in [0.1, 0.15) is 54.2 Å². The molecule has 146 valence electrons. The molecule has 1 heterocycles. The molecule has 2 aromatic carbocycles. The first-order valence-corrected chi connectivity index (χ1v) is 10.4. The minimum absolute atomic E-state index is 0.0273. The molecule has 0 amide bonds. The van der Waals surface area contributed by atoms with Crippen molar-refractivity contribution in [2.45, 2.75) is 38.5 Å². The molecule has 0 saturated heterocycles. The van der Waals surface area contributed by atoms with E-state index in [4.69, 9.17) is 4.74 Å². The van der Waals surface area contributed by atoms with Gasteiger partial charge in [-0.25, -0.2) is 8.42 Å². The van der Waals surface area contributed by atoms with E-state index in [1.165, 1.54) is 6.92 Å². The first kappa shape index (κ1) is 20.0. The van der Waals surface area contributed by atoms with Crippen LogP contribution in [0.15, 0.2) is 48.5 Å². The molecule has 2 aromatic rings. The summed E-state index contributed by atoms with van der Waals surface area (Å²) in [4.78, 5) is 24.7. The van der Waals surface area contributed by atoms with E-state index in [0.29, 0.717) is 40.0 Å². The van der Waals surface area contributed by atoms with Gasteiger partial charge in [-0.15, -0.1) is 0 Å². The van der Waals surface area contributed by atoms with E-state index in [-0.39, 0.29) is 17.3 Å². The Morgan fingerprint density at radius 2 is 1.57 bits per heavy atom. The molecule has 1 aliphatic rings. The fourth-order valence-electron chi connectivity index (χ4n) is 3.17. The Bertz CT molecular complexity index is 1020. The summed E-state index contributed by atoms with van der Waals surface area (Å²) in [6.45, 7) is 5.16. The Morgan fingerprint density at radius 3 is 2.07 bits per heavy atom. The number of hydrogen-bond acceptors (Lipinski definition) is 5. The predicted molar refractivity (Wildman–Crippen MR) is 109 cm³/mol. The highest BCUT2D eigenvalue weighted by Crippen LogP contribution is 2.42. The van der Waals surface area contributed by atoms with Gasteiger partial charge in [0.25, 0.3) is 0 Å². The van der Waals surface area contributed by atoms with Crippen molar-refractivity contribution >= 4 is 33.6 Å². The molecule has 0 radical (unpaired) electrons. The average molecular weight is 398 g/mol. The van der Waals surface area contributed by atoms with Gasteiger partial charge in [-0.3, -0.25) is 9.59 Å². The van der Waals surface area contributed by atoms with Crippen LogP contribution >= 0.6 is 0 Å². The quantitative estimate of drug-likeness (QED) is 0.594. The van der Waals surface area contributed by atoms with Crippen LogP contribution in [0, 0.1) is 0 Å². The summed E-state index contributed by atoms with van der Waals surface area (Å²) in [7, 11) is -2.50. The summed E-state index contributed by atoms with van der Waals surface area (Å²) < 4.78 is 28.0. The molecular weight excluding hydrogens is 376 g/mol. The number of Topliss-reactive ketones (excluding diaryl/α,β-unsaturated/α-hetero) is 2. The molecule has 0 aromatic heterocycles. The van der Waals surface area contributed by atoms with Crippen molar-refractivity contribution in [1.29, 1.82) is 0 Å². The molecular formula is C22H22O5S. The molecule has 0 aliphatic carbocycles. The number of ketones is 2. The molecule has 5 nitrogen and oxygen atoms in total. The van der Waals surface area contributed by atoms with E-state index in [2.05, 4.69) is 0 Å². The Morgan fingerprint density at radius 1 is 1.00 bits per heavy atom. The summed E-state index contributed by atoms with van der Waals surface area (Å²) in [5.74, 6) is 0.302. The Kier molecular flexibility index (Phi) is 5.52. The maximum atomic E-state index is 13.1. The van der Waals surface area contributed by atoms with E-state index in [1.54, 1.807) is 55.5 Å². The molecule has 0 bridgehead atoms. The summed E-state index contributed by atoms with van der Waals surface area (Å²) >= 11 is 0. The third-order valence-corrected chi connectivity index (χ3v) is 5.67. The van der Waals surface area contributed by atoms with Crippen molar-refractivity contribution in [1.82, 2.24) is 0 Å². The molecule has 6 heteroatoms. The lowest BCUT2D eigenvalue weighted by Crippen LogP contribution is -2.32. The van der Waals surface area contributed by atoms with Gasteiger partial charge < -0.3 is 4.74 Å². The number of carbonyl (C=O) groups excluding carboxylic acids is 2. The van der Waals surface area contributed by atoms with Crippen LogP contribution in [-0.4, -0.2) is 25.6 Å². The summed E-state index contributed by atoms with van der Waals surface area (Å²) in [6.07, 6.45) is 0.513. The lowest BCUT2D eigenvalue weighted by Gasteiger charge is -2.21. The van der Waals surface area contributed by atoms with E-state index < -0.39 is 16.3 Å². The molecule has 0 saturated carbocycles. The zero-order valence-electron chi connectivity index (χ0n) is 16.0. The second kappa shape index (κ2) is 7.72. The van der Waals surface area contributed by atoms with Gasteiger partial charge in [0.2, 0.25) is 5.78 Å². The number of benzene rings is 2. The average Bonchev–Trinajstić information content (AvgIpc) is 2.94. The smallest absolute Gasteiger partial charge is 0.210 e. The number of rotatable bonds is 6. The summed E-state index contributed by atoms with van der Waals surface area (Å²) in [5, 5.41) is 0. The van der Waals surface area contributed by atoms with E-state index in [0.717, 1.165) is 0 Å². The van der Waals surface area contributed by atoms with Gasteiger partial charge in [0.05, 0.1) is 11.3 Å². The number of ether oxygens (including phenoxy) is 1. The van der Waals surface area contributed by atoms with Crippen molar-refractivity contribution in [2.75, 3.05) is 0 Å². The molecule has 0 spiro atoms. The van der Waals surface area contributed by atoms with Crippen LogP contribution in [0.3, 0.4) is 0 Å². The van der Waals surface area contributed by atoms with E-state index >= 15 is 0 Å². The van der Waals surface area contributed by atoms with E-state index in [1.807, 2.05) is 6.92 Å². The fraction of sp³-hybridized carbons (Fsp3) is 0.273. The topological polar surface area (TPSA) is 77.5 Å². The highest BCUT2D eigenvalue weighted by molar-refractivity contribution is 7.71. The zero-order valence-corrected chi connectivity index (χ0v) is 16.9. The molecule has 0 fully saturated rings. The summed E-state index contributed by atoms with van der Waals surface area (Å²) in [5.41, 5.74) is 2.17. The predicted octanol–water partition coefficient (Wildman–Crippen LogP) is 3.64. The maximum Gasteiger partial charge on any atom is 0.210 e. The lowest BCUT2D eigenvalue weighted by atomic mass is 9.89. The molecule has 0 N–H and O–H groups in total. The van der Waals surface area contributed by atoms with Crippen LogP contribution in [0.4, 0.5) is 0 Å². The largest absolute Gasteiger partial charge is 0.478 e. The molecule has 28 heavy (non-hydrogen) atoms. The second-order valence-electron chi connectivity index (χ2n) is 7.04. The molecule has 1 unspecified atom stereocenters. The van der Waals surface area contributed by atoms with Gasteiger partial charge in [0.1, 0.15) is 16.5 Å². The third kappa shape index (κ3) is 3.78. The van der Waals surface area contributed by atoms with Gasteiger partial charge in [-0.05, 0) is 31.4 Å². The maximum absolute atomic E-state index is 13.1. The van der Waals surface area contributed by atoms with Gasteiger partial charge in [-0.1, -0.05) is 55.5 Å². The Labute approximate surface area is 166 Å². The van der Waals surface area contributed by atoms with Crippen molar-refractivity contribution in [3.8, 4) is 0 Å². The van der Waals surface area contributed by atoms with E-state index in [9.17, 15) is 18.0 Å². The summed E-state index contributed by atoms with van der Waals surface area (Å²) in [6, 6.07) is 13.9. The third-order valence-electron chi connectivity index (χ3n) is 5.04. The Balaban J connectivity index is 2.09. The minimum atomic E-state index is -2.50. The van der Waals surface area contributed by atoms with Crippen molar-refractivity contribution < 1.29 is 22.7 Å². The number of carbonyl (C=O) groups is 2. The van der Waals surface area contributed by atoms with Crippen LogP contribution in [0.5, 0.6) is 0 Å². The SMILES string of the molecule is CCC1(C)OC(c2ccc(C[SH](=O)=O)cc2)=C(c2ccc(C(C)=O)cc2)C1=O. The van der Waals surface area contributed by atoms with Crippen LogP contribution in [0.2, 0.25) is 0 Å². The van der Waals surface area contributed by atoms with Gasteiger partial charge in [-0.2, -0.15) is 0 Å². The van der Waals surface area contributed by atoms with Crippen LogP contribution in [-0.2, 0) is 26.0 Å². The first-order valence-electron chi connectivity index (χ1n) is 9.05. The fourth-order valence-corrected chi connectivity index (χ4v) is 3.68. The second-order valence-corrected chi connectivity index (χ2v) is 8.02. The molecule has 1 aliphatic heterocycles. The monoisotopic (exact) mass is 398 g/mol. The highest BCUT2D eigenvalue weighted by atomic mass is 32.2. The van der Waals surface area contributed by atoms with Crippen LogP contribution < -0.4 is 0 Å².